The summed E-state index contributed by atoms with van der Waals surface area (Å²) in [4.78, 5) is 29.6. The Morgan fingerprint density at radius 1 is 1.20 bits per heavy atom. The van der Waals surface area contributed by atoms with Crippen LogP contribution >= 0.6 is 11.3 Å². The summed E-state index contributed by atoms with van der Waals surface area (Å²) < 4.78 is 21.3. The third kappa shape index (κ3) is 4.07. The average Bonchev–Trinajstić information content (AvgIpc) is 3.23. The first kappa shape index (κ1) is 19.7. The summed E-state index contributed by atoms with van der Waals surface area (Å²) in [6.07, 6.45) is 3.57. The number of anilines is 1. The molecule has 0 atom stereocenters. The minimum absolute atomic E-state index is 0.0443. The number of carbonyl (C=O) groups is 1. The van der Waals surface area contributed by atoms with E-state index >= 15 is 0 Å². The molecule has 4 rings (SSSR count). The van der Waals surface area contributed by atoms with Crippen molar-refractivity contribution in [2.24, 2.45) is 5.73 Å². The molecule has 4 aromatic rings. The highest BCUT2D eigenvalue weighted by atomic mass is 32.1. The number of aromatic nitrogens is 2. The highest BCUT2D eigenvalue weighted by molar-refractivity contribution is 7.15. The zero-order valence-corrected chi connectivity index (χ0v) is 16.5. The number of rotatable bonds is 6. The Balaban J connectivity index is 1.55. The number of thiazole rings is 1. The summed E-state index contributed by atoms with van der Waals surface area (Å²) in [5.74, 6) is -0.677. The van der Waals surface area contributed by atoms with Gasteiger partial charge in [-0.3, -0.25) is 14.0 Å². The Bertz CT molecular complexity index is 1270. The molecule has 2 aromatic carbocycles. The van der Waals surface area contributed by atoms with E-state index in [9.17, 15) is 14.0 Å². The molecule has 1 amide bonds. The summed E-state index contributed by atoms with van der Waals surface area (Å²) in [7, 11) is 0. The summed E-state index contributed by atoms with van der Waals surface area (Å²) >= 11 is 1.29. The molecule has 0 aliphatic rings. The first-order valence-corrected chi connectivity index (χ1v) is 9.96. The first-order chi connectivity index (χ1) is 14.5. The average molecular weight is 424 g/mol. The molecule has 152 valence electrons. The largest absolute Gasteiger partial charge is 0.457 e. The van der Waals surface area contributed by atoms with Gasteiger partial charge in [-0.15, -0.1) is 11.3 Å². The fourth-order valence-electron chi connectivity index (χ4n) is 2.87. The van der Waals surface area contributed by atoms with E-state index < -0.39 is 17.3 Å². The monoisotopic (exact) mass is 424 g/mol. The van der Waals surface area contributed by atoms with Crippen molar-refractivity contribution in [1.29, 1.82) is 0 Å². The summed E-state index contributed by atoms with van der Waals surface area (Å²) in [5, 5.41) is 4.13. The van der Waals surface area contributed by atoms with Gasteiger partial charge in [-0.25, -0.2) is 9.37 Å². The van der Waals surface area contributed by atoms with Crippen LogP contribution in [0.3, 0.4) is 0 Å². The smallest absolute Gasteiger partial charge is 0.282 e. The summed E-state index contributed by atoms with van der Waals surface area (Å²) in [6.45, 7) is 0.551. The van der Waals surface area contributed by atoms with Crippen molar-refractivity contribution in [3.05, 3.63) is 87.5 Å². The Labute approximate surface area is 174 Å². The predicted molar refractivity (Wildman–Crippen MR) is 113 cm³/mol. The van der Waals surface area contributed by atoms with Crippen LogP contribution in [0.1, 0.15) is 15.9 Å². The molecule has 0 aliphatic carbocycles. The molecule has 0 unspecified atom stereocenters. The van der Waals surface area contributed by atoms with E-state index in [0.29, 0.717) is 17.3 Å². The van der Waals surface area contributed by atoms with Crippen molar-refractivity contribution < 1.29 is 13.9 Å². The fraction of sp³-hybridized carbons (Fsp3) is 0.0952. The fourth-order valence-corrected chi connectivity index (χ4v) is 3.54. The minimum atomic E-state index is -0.773. The number of fused-ring (bicyclic) bond motifs is 1. The predicted octanol–water partition coefficient (Wildman–Crippen LogP) is 3.44. The van der Waals surface area contributed by atoms with Crippen molar-refractivity contribution in [2.45, 2.75) is 6.42 Å². The van der Waals surface area contributed by atoms with E-state index in [-0.39, 0.29) is 17.0 Å². The Kier molecular flexibility index (Phi) is 5.55. The van der Waals surface area contributed by atoms with Crippen molar-refractivity contribution >= 4 is 27.9 Å². The number of halogens is 1. The van der Waals surface area contributed by atoms with Gasteiger partial charge in [0.2, 0.25) is 0 Å². The molecule has 0 aliphatic heterocycles. The van der Waals surface area contributed by atoms with E-state index in [4.69, 9.17) is 10.5 Å². The van der Waals surface area contributed by atoms with Crippen molar-refractivity contribution in [3.8, 4) is 11.5 Å². The minimum Gasteiger partial charge on any atom is -0.457 e. The lowest BCUT2D eigenvalue weighted by atomic mass is 10.1. The Morgan fingerprint density at radius 2 is 1.97 bits per heavy atom. The van der Waals surface area contributed by atoms with E-state index in [0.717, 1.165) is 18.1 Å². The number of ether oxygens (including phenoxy) is 1. The molecular formula is C21H17FN4O3S. The first-order valence-electron chi connectivity index (χ1n) is 9.08. The van der Waals surface area contributed by atoms with E-state index in [1.54, 1.807) is 23.7 Å². The van der Waals surface area contributed by atoms with Crippen LogP contribution in [0.2, 0.25) is 0 Å². The Morgan fingerprint density at radius 3 is 2.73 bits per heavy atom. The topological polar surface area (TPSA) is 98.7 Å². The molecule has 3 N–H and O–H groups in total. The second kappa shape index (κ2) is 8.44. The van der Waals surface area contributed by atoms with Gasteiger partial charge < -0.3 is 15.8 Å². The zero-order valence-electron chi connectivity index (χ0n) is 15.7. The lowest BCUT2D eigenvalue weighted by Gasteiger charge is -2.10. The van der Waals surface area contributed by atoms with E-state index in [1.807, 2.05) is 12.1 Å². The molecular weight excluding hydrogens is 407 g/mol. The van der Waals surface area contributed by atoms with Gasteiger partial charge in [0.1, 0.15) is 23.0 Å². The quantitative estimate of drug-likeness (QED) is 0.494. The van der Waals surface area contributed by atoms with Crippen LogP contribution in [-0.4, -0.2) is 21.8 Å². The summed E-state index contributed by atoms with van der Waals surface area (Å²) in [6, 6.07) is 11.2. The van der Waals surface area contributed by atoms with Crippen molar-refractivity contribution in [2.75, 3.05) is 11.9 Å². The van der Waals surface area contributed by atoms with E-state index in [2.05, 4.69) is 10.3 Å². The number of nitrogens with zero attached hydrogens (tertiary/aromatic N) is 2. The van der Waals surface area contributed by atoms with Gasteiger partial charge in [0.15, 0.2) is 4.96 Å². The van der Waals surface area contributed by atoms with Crippen molar-refractivity contribution in [1.82, 2.24) is 9.38 Å². The van der Waals surface area contributed by atoms with Crippen LogP contribution in [0.25, 0.3) is 4.96 Å². The molecule has 9 heteroatoms. The van der Waals surface area contributed by atoms with E-state index in [1.165, 1.54) is 34.1 Å². The Hall–Kier alpha value is -3.56. The van der Waals surface area contributed by atoms with Crippen LogP contribution in [0.15, 0.2) is 65.0 Å². The second-order valence-corrected chi connectivity index (χ2v) is 7.29. The normalized spacial score (nSPS) is 10.9. The summed E-state index contributed by atoms with van der Waals surface area (Å²) in [5.41, 5.74) is 5.88. The molecule has 2 aromatic heterocycles. The van der Waals surface area contributed by atoms with Gasteiger partial charge in [0.05, 0.1) is 11.8 Å². The van der Waals surface area contributed by atoms with Gasteiger partial charge in [-0.05, 0) is 48.9 Å². The number of hydrogen-bond acceptors (Lipinski definition) is 6. The van der Waals surface area contributed by atoms with Crippen LogP contribution in [0.4, 0.5) is 10.1 Å². The van der Waals surface area contributed by atoms with Gasteiger partial charge in [-0.1, -0.05) is 12.1 Å². The molecule has 0 fully saturated rings. The standard InChI is InChI=1S/C21H17FN4O3S/c22-17-6-5-15(29-14-3-1-13(2-4-14)7-8-23)11-16(17)19(27)25-18-12-24-21-26(20(18)28)9-10-30-21/h1-6,9-12H,7-8,23H2,(H,25,27). The number of hydrogen-bond donors (Lipinski definition) is 2. The highest BCUT2D eigenvalue weighted by Crippen LogP contribution is 2.24. The van der Waals surface area contributed by atoms with Crippen LogP contribution in [0, 0.1) is 5.82 Å². The third-order valence-electron chi connectivity index (χ3n) is 4.37. The number of amides is 1. The molecule has 0 radical (unpaired) electrons. The lowest BCUT2D eigenvalue weighted by Crippen LogP contribution is -2.23. The lowest BCUT2D eigenvalue weighted by molar-refractivity contribution is 0.102. The van der Waals surface area contributed by atoms with Gasteiger partial charge in [0.25, 0.3) is 11.5 Å². The molecule has 30 heavy (non-hydrogen) atoms. The molecule has 0 spiro atoms. The maximum atomic E-state index is 14.3. The molecule has 0 saturated heterocycles. The van der Waals surface area contributed by atoms with Crippen LogP contribution in [0.5, 0.6) is 11.5 Å². The second-order valence-electron chi connectivity index (χ2n) is 6.41. The maximum absolute atomic E-state index is 14.3. The van der Waals surface area contributed by atoms with Crippen molar-refractivity contribution in [3.63, 3.8) is 0 Å². The highest BCUT2D eigenvalue weighted by Gasteiger charge is 2.16. The molecule has 0 bridgehead atoms. The molecule has 7 nitrogen and oxygen atoms in total. The van der Waals surface area contributed by atoms with Crippen LogP contribution < -0.4 is 21.3 Å². The maximum Gasteiger partial charge on any atom is 0.282 e. The third-order valence-corrected chi connectivity index (χ3v) is 5.14. The van der Waals surface area contributed by atoms with Gasteiger partial charge in [0, 0.05) is 11.6 Å². The number of carbonyl (C=O) groups excluding carboxylic acids is 1. The number of nitrogens with two attached hydrogens (primary N) is 1. The van der Waals surface area contributed by atoms with Gasteiger partial charge in [-0.2, -0.15) is 0 Å². The van der Waals surface area contributed by atoms with Gasteiger partial charge >= 0.3 is 0 Å². The molecule has 2 heterocycles. The number of nitrogens with one attached hydrogen (secondary N) is 1. The van der Waals surface area contributed by atoms with Crippen LogP contribution in [-0.2, 0) is 6.42 Å². The zero-order chi connectivity index (χ0) is 21.1. The SMILES string of the molecule is NCCc1ccc(Oc2ccc(F)c(C(=O)Nc3cnc4sccn4c3=O)c2)cc1. The number of benzene rings is 2. The molecule has 0 saturated carbocycles.